The monoisotopic (exact) mass is 197 g/mol. The number of nitrogens with zero attached hydrogens (tertiary/aromatic N) is 1. The predicted octanol–water partition coefficient (Wildman–Crippen LogP) is 3.55. The van der Waals surface area contributed by atoms with E-state index in [4.69, 9.17) is 0 Å². The van der Waals surface area contributed by atoms with Crippen LogP contribution < -0.4 is 0 Å². The Morgan fingerprint density at radius 1 is 1.50 bits per heavy atom. The summed E-state index contributed by atoms with van der Waals surface area (Å²) in [5, 5.41) is 9.99. The molecule has 0 spiro atoms. The molecule has 0 amide bonds. The van der Waals surface area contributed by atoms with Gasteiger partial charge >= 0.3 is 0 Å². The largest absolute Gasteiger partial charge is 0.259 e. The van der Waals surface area contributed by atoms with Crippen LogP contribution in [0.5, 0.6) is 0 Å². The van der Waals surface area contributed by atoms with E-state index in [2.05, 4.69) is 26.8 Å². The Hall–Kier alpha value is -1.12. The number of allylic oxidation sites excluding steroid dienone is 3. The summed E-state index contributed by atoms with van der Waals surface area (Å²) in [4.78, 5) is 9.58. The zero-order valence-electron chi connectivity index (χ0n) is 9.19. The van der Waals surface area contributed by atoms with E-state index in [0.29, 0.717) is 5.92 Å². The molecule has 1 unspecified atom stereocenters. The van der Waals surface area contributed by atoms with E-state index >= 15 is 0 Å². The molecular formula is C11H19NO2. The summed E-state index contributed by atoms with van der Waals surface area (Å²) in [6, 6.07) is 0. The minimum atomic E-state index is -0.414. The fraction of sp³-hybridized carbons (Fsp3) is 0.636. The molecular weight excluding hydrogens is 178 g/mol. The molecule has 14 heavy (non-hydrogen) atoms. The van der Waals surface area contributed by atoms with E-state index < -0.39 is 4.92 Å². The van der Waals surface area contributed by atoms with E-state index in [-0.39, 0.29) is 0 Å². The predicted molar refractivity (Wildman–Crippen MR) is 58.6 cm³/mol. The van der Waals surface area contributed by atoms with Crippen LogP contribution in [0, 0.1) is 16.0 Å². The first-order valence-electron chi connectivity index (χ1n) is 4.96. The van der Waals surface area contributed by atoms with Gasteiger partial charge in [-0.3, -0.25) is 10.1 Å². The number of hydrogen-bond donors (Lipinski definition) is 0. The van der Waals surface area contributed by atoms with Gasteiger partial charge in [0.05, 0.1) is 4.92 Å². The Labute approximate surface area is 85.7 Å². The number of rotatable bonds is 6. The Bertz CT molecular complexity index is 227. The van der Waals surface area contributed by atoms with Gasteiger partial charge in [0.2, 0.25) is 6.20 Å². The molecule has 0 aliphatic rings. The van der Waals surface area contributed by atoms with Crippen LogP contribution >= 0.6 is 0 Å². The average Bonchev–Trinajstić information content (AvgIpc) is 2.02. The van der Waals surface area contributed by atoms with Crippen LogP contribution in [-0.2, 0) is 0 Å². The Morgan fingerprint density at radius 3 is 2.64 bits per heavy atom. The third kappa shape index (κ3) is 8.97. The topological polar surface area (TPSA) is 43.1 Å². The average molecular weight is 197 g/mol. The van der Waals surface area contributed by atoms with Crippen molar-refractivity contribution in [3.8, 4) is 0 Å². The van der Waals surface area contributed by atoms with Crippen molar-refractivity contribution in [2.75, 3.05) is 0 Å². The molecule has 0 saturated carbocycles. The van der Waals surface area contributed by atoms with E-state index in [1.807, 2.05) is 0 Å². The van der Waals surface area contributed by atoms with Crippen molar-refractivity contribution in [2.45, 2.75) is 40.0 Å². The summed E-state index contributed by atoms with van der Waals surface area (Å²) < 4.78 is 0. The van der Waals surface area contributed by atoms with Crippen molar-refractivity contribution in [3.63, 3.8) is 0 Å². The molecule has 80 valence electrons. The molecule has 0 heterocycles. The molecule has 0 fully saturated rings. The SMILES string of the molecule is CC(C)=CCCC(C)CC=C[N+](=O)[O-]. The Kier molecular flexibility index (Phi) is 6.72. The van der Waals surface area contributed by atoms with Gasteiger partial charge in [0, 0.05) is 0 Å². The highest BCUT2D eigenvalue weighted by Gasteiger charge is 1.98. The Morgan fingerprint density at radius 2 is 2.14 bits per heavy atom. The summed E-state index contributed by atoms with van der Waals surface area (Å²) in [5.41, 5.74) is 1.33. The van der Waals surface area contributed by atoms with Crippen LogP contribution in [0.25, 0.3) is 0 Å². The molecule has 1 atom stereocenters. The summed E-state index contributed by atoms with van der Waals surface area (Å²) in [6.45, 7) is 6.28. The molecule has 0 aliphatic heterocycles. The highest BCUT2D eigenvalue weighted by molar-refractivity contribution is 4.93. The van der Waals surface area contributed by atoms with E-state index in [0.717, 1.165) is 25.5 Å². The molecule has 3 nitrogen and oxygen atoms in total. The van der Waals surface area contributed by atoms with Gasteiger partial charge in [-0.2, -0.15) is 0 Å². The first-order chi connectivity index (χ1) is 6.52. The first kappa shape index (κ1) is 12.9. The number of hydrogen-bond acceptors (Lipinski definition) is 2. The second-order valence-electron chi connectivity index (χ2n) is 3.87. The van der Waals surface area contributed by atoms with Crippen molar-refractivity contribution in [1.82, 2.24) is 0 Å². The lowest BCUT2D eigenvalue weighted by Gasteiger charge is -2.05. The van der Waals surface area contributed by atoms with Crippen molar-refractivity contribution < 1.29 is 4.92 Å². The first-order valence-corrected chi connectivity index (χ1v) is 4.96. The van der Waals surface area contributed by atoms with Crippen LogP contribution in [0.3, 0.4) is 0 Å². The fourth-order valence-electron chi connectivity index (χ4n) is 1.15. The van der Waals surface area contributed by atoms with Gasteiger partial charge in [0.1, 0.15) is 0 Å². The quantitative estimate of drug-likeness (QED) is 0.371. The second-order valence-corrected chi connectivity index (χ2v) is 3.87. The van der Waals surface area contributed by atoms with Gasteiger partial charge in [-0.1, -0.05) is 18.6 Å². The van der Waals surface area contributed by atoms with Crippen LogP contribution in [-0.4, -0.2) is 4.92 Å². The molecule has 0 aromatic heterocycles. The van der Waals surface area contributed by atoms with Crippen molar-refractivity contribution in [2.24, 2.45) is 5.92 Å². The standard InChI is InChI=1S/C11H19NO2/c1-10(2)6-4-7-11(3)8-5-9-12(13)14/h5-6,9,11H,4,7-8H2,1-3H3. The Balaban J connectivity index is 3.61. The van der Waals surface area contributed by atoms with Crippen LogP contribution in [0.4, 0.5) is 0 Å². The summed E-state index contributed by atoms with van der Waals surface area (Å²) >= 11 is 0. The molecule has 3 heteroatoms. The lowest BCUT2D eigenvalue weighted by Crippen LogP contribution is -1.92. The van der Waals surface area contributed by atoms with Crippen LogP contribution in [0.2, 0.25) is 0 Å². The summed E-state index contributed by atoms with van der Waals surface area (Å²) in [7, 11) is 0. The molecule has 0 N–H and O–H groups in total. The third-order valence-corrected chi connectivity index (χ3v) is 1.98. The van der Waals surface area contributed by atoms with Crippen LogP contribution in [0.1, 0.15) is 40.0 Å². The maximum atomic E-state index is 9.99. The van der Waals surface area contributed by atoms with E-state index in [1.165, 1.54) is 5.57 Å². The van der Waals surface area contributed by atoms with E-state index in [9.17, 15) is 10.1 Å². The van der Waals surface area contributed by atoms with Crippen molar-refractivity contribution >= 4 is 0 Å². The zero-order chi connectivity index (χ0) is 11.0. The van der Waals surface area contributed by atoms with Gasteiger partial charge in [0.25, 0.3) is 0 Å². The second kappa shape index (κ2) is 7.30. The number of nitro groups is 1. The molecule has 0 aromatic carbocycles. The van der Waals surface area contributed by atoms with Gasteiger partial charge in [-0.25, -0.2) is 0 Å². The lowest BCUT2D eigenvalue weighted by atomic mass is 10.0. The maximum absolute atomic E-state index is 9.99. The molecule has 0 radical (unpaired) electrons. The molecule has 0 saturated heterocycles. The summed E-state index contributed by atoms with van der Waals surface area (Å²) in [6.07, 6.45) is 7.80. The highest BCUT2D eigenvalue weighted by Crippen LogP contribution is 2.12. The fourth-order valence-corrected chi connectivity index (χ4v) is 1.15. The normalized spacial score (nSPS) is 12.8. The minimum Gasteiger partial charge on any atom is -0.259 e. The van der Waals surface area contributed by atoms with Gasteiger partial charge in [-0.15, -0.1) is 0 Å². The molecule has 0 rings (SSSR count). The maximum Gasteiger partial charge on any atom is 0.230 e. The smallest absolute Gasteiger partial charge is 0.230 e. The van der Waals surface area contributed by atoms with E-state index in [1.54, 1.807) is 6.08 Å². The lowest BCUT2D eigenvalue weighted by molar-refractivity contribution is -0.402. The molecule has 0 aliphatic carbocycles. The zero-order valence-corrected chi connectivity index (χ0v) is 9.19. The minimum absolute atomic E-state index is 0.414. The highest BCUT2D eigenvalue weighted by atomic mass is 16.6. The molecule has 0 bridgehead atoms. The van der Waals surface area contributed by atoms with Gasteiger partial charge < -0.3 is 0 Å². The van der Waals surface area contributed by atoms with Crippen LogP contribution in [0.15, 0.2) is 23.9 Å². The van der Waals surface area contributed by atoms with Crippen molar-refractivity contribution in [3.05, 3.63) is 34.0 Å². The van der Waals surface area contributed by atoms with Gasteiger partial charge in [-0.05, 0) is 45.1 Å². The summed E-state index contributed by atoms with van der Waals surface area (Å²) in [5.74, 6) is 0.516. The third-order valence-electron chi connectivity index (χ3n) is 1.98. The molecule has 0 aromatic rings. The van der Waals surface area contributed by atoms with Crippen molar-refractivity contribution in [1.29, 1.82) is 0 Å². The van der Waals surface area contributed by atoms with Gasteiger partial charge in [0.15, 0.2) is 0 Å².